The normalized spacial score (nSPS) is 11.2. The lowest BCUT2D eigenvalue weighted by atomic mass is 10.2. The molecule has 5 nitrogen and oxygen atoms in total. The number of hydrogen-bond donors (Lipinski definition) is 1. The molecule has 0 saturated heterocycles. The molecule has 21 heavy (non-hydrogen) atoms. The minimum atomic E-state index is 0.229. The van der Waals surface area contributed by atoms with Crippen molar-refractivity contribution in [3.63, 3.8) is 0 Å². The van der Waals surface area contributed by atoms with E-state index in [1.54, 1.807) is 12.5 Å². The summed E-state index contributed by atoms with van der Waals surface area (Å²) in [5, 5.41) is 4.29. The predicted octanol–water partition coefficient (Wildman–Crippen LogP) is 3.51. The van der Waals surface area contributed by atoms with Gasteiger partial charge in [-0.15, -0.1) is 0 Å². The Hall–Kier alpha value is -2.40. The number of nitrogens with one attached hydrogen (secondary N) is 1. The molecule has 0 aliphatic heterocycles. The van der Waals surface area contributed by atoms with E-state index in [0.717, 1.165) is 16.6 Å². The topological polar surface area (TPSA) is 60.2 Å². The summed E-state index contributed by atoms with van der Waals surface area (Å²) in [7, 11) is 0. The monoisotopic (exact) mass is 283 g/mol. The minimum Gasteiger partial charge on any atom is -0.417 e. The number of aromatic nitrogens is 2. The molecule has 0 bridgehead atoms. The highest BCUT2D eigenvalue weighted by atomic mass is 16.6. The maximum Gasteiger partial charge on any atom is 0.399 e. The number of hydrogen-bond acceptors (Lipinski definition) is 5. The molecule has 0 saturated carbocycles. The Kier molecular flexibility index (Phi) is 3.83. The first-order valence-electron chi connectivity index (χ1n) is 6.91. The zero-order valence-electron chi connectivity index (χ0n) is 12.0. The summed E-state index contributed by atoms with van der Waals surface area (Å²) in [6, 6.07) is 10.2. The predicted molar refractivity (Wildman–Crippen MR) is 80.3 cm³/mol. The van der Waals surface area contributed by atoms with Gasteiger partial charge in [0.15, 0.2) is 5.75 Å². The Bertz CT molecular complexity index is 737. The Morgan fingerprint density at radius 1 is 1.29 bits per heavy atom. The molecule has 3 aromatic rings. The molecule has 0 atom stereocenters. The maximum absolute atomic E-state index is 5.61. The van der Waals surface area contributed by atoms with E-state index < -0.39 is 0 Å². The lowest BCUT2D eigenvalue weighted by Gasteiger charge is -2.04. The molecule has 1 aromatic carbocycles. The summed E-state index contributed by atoms with van der Waals surface area (Å²) >= 11 is 0. The highest BCUT2D eigenvalue weighted by Crippen LogP contribution is 2.23. The molecule has 0 aliphatic rings. The first-order chi connectivity index (χ1) is 10.2. The summed E-state index contributed by atoms with van der Waals surface area (Å²) in [6.45, 7) is 4.82. The summed E-state index contributed by atoms with van der Waals surface area (Å²) < 4.78 is 10.9. The minimum absolute atomic E-state index is 0.229. The smallest absolute Gasteiger partial charge is 0.399 e. The summed E-state index contributed by atoms with van der Waals surface area (Å²) in [4.78, 5) is 8.62. The van der Waals surface area contributed by atoms with Crippen molar-refractivity contribution in [3.8, 4) is 11.8 Å². The van der Waals surface area contributed by atoms with Crippen molar-refractivity contribution in [1.82, 2.24) is 15.3 Å². The van der Waals surface area contributed by atoms with Crippen molar-refractivity contribution >= 4 is 10.9 Å². The van der Waals surface area contributed by atoms with Crippen LogP contribution >= 0.6 is 0 Å². The molecule has 0 amide bonds. The molecule has 0 radical (unpaired) electrons. The fraction of sp³-hybridized carbons (Fsp3) is 0.250. The fourth-order valence-electron chi connectivity index (χ4n) is 1.93. The van der Waals surface area contributed by atoms with Crippen LogP contribution in [0.5, 0.6) is 11.8 Å². The van der Waals surface area contributed by atoms with Crippen molar-refractivity contribution in [1.29, 1.82) is 0 Å². The SMILES string of the molecule is CC(C)NCc1coc(Oc2cnc3ccccc3c2)n1. The van der Waals surface area contributed by atoms with E-state index in [1.807, 2.05) is 30.3 Å². The van der Waals surface area contributed by atoms with Gasteiger partial charge in [-0.25, -0.2) is 0 Å². The first kappa shape index (κ1) is 13.6. The van der Waals surface area contributed by atoms with Gasteiger partial charge in [-0.05, 0) is 12.1 Å². The molecule has 0 spiro atoms. The molecule has 2 heterocycles. The van der Waals surface area contributed by atoms with Crippen LogP contribution in [0.3, 0.4) is 0 Å². The molecule has 0 unspecified atom stereocenters. The third-order valence-corrected chi connectivity index (χ3v) is 2.99. The molecule has 5 heteroatoms. The third kappa shape index (κ3) is 3.38. The maximum atomic E-state index is 5.61. The fourth-order valence-corrected chi connectivity index (χ4v) is 1.93. The lowest BCUT2D eigenvalue weighted by Crippen LogP contribution is -2.21. The van der Waals surface area contributed by atoms with Crippen LogP contribution in [0.4, 0.5) is 0 Å². The number of para-hydroxylation sites is 1. The van der Waals surface area contributed by atoms with Gasteiger partial charge < -0.3 is 14.5 Å². The average Bonchev–Trinajstić information content (AvgIpc) is 2.92. The van der Waals surface area contributed by atoms with Crippen LogP contribution < -0.4 is 10.1 Å². The number of nitrogens with zero attached hydrogens (tertiary/aromatic N) is 2. The molecular formula is C16H17N3O2. The third-order valence-electron chi connectivity index (χ3n) is 2.99. The highest BCUT2D eigenvalue weighted by Gasteiger charge is 2.07. The number of rotatable bonds is 5. The number of pyridine rings is 1. The molecule has 0 aliphatic carbocycles. The zero-order chi connectivity index (χ0) is 14.7. The van der Waals surface area contributed by atoms with Gasteiger partial charge >= 0.3 is 6.08 Å². The van der Waals surface area contributed by atoms with Crippen LogP contribution in [0.15, 0.2) is 47.2 Å². The molecule has 0 fully saturated rings. The number of fused-ring (bicyclic) bond motifs is 1. The van der Waals surface area contributed by atoms with E-state index in [2.05, 4.69) is 29.1 Å². The Morgan fingerprint density at radius 2 is 2.14 bits per heavy atom. The van der Waals surface area contributed by atoms with E-state index in [4.69, 9.17) is 9.15 Å². The number of benzene rings is 1. The lowest BCUT2D eigenvalue weighted by molar-refractivity contribution is 0.330. The van der Waals surface area contributed by atoms with Crippen molar-refractivity contribution in [2.24, 2.45) is 0 Å². The van der Waals surface area contributed by atoms with Crippen LogP contribution in [0.1, 0.15) is 19.5 Å². The van der Waals surface area contributed by atoms with Gasteiger partial charge in [-0.2, -0.15) is 4.98 Å². The summed E-state index contributed by atoms with van der Waals surface area (Å²) in [6.07, 6.45) is 3.49. The molecular weight excluding hydrogens is 266 g/mol. The molecule has 108 valence electrons. The Morgan fingerprint density at radius 3 is 3.00 bits per heavy atom. The molecule has 1 N–H and O–H groups in total. The Labute approximate surface area is 123 Å². The molecule has 3 rings (SSSR count). The van der Waals surface area contributed by atoms with Gasteiger partial charge in [0.1, 0.15) is 6.26 Å². The second-order valence-electron chi connectivity index (χ2n) is 5.11. The van der Waals surface area contributed by atoms with E-state index >= 15 is 0 Å². The van der Waals surface area contributed by atoms with E-state index in [-0.39, 0.29) is 6.08 Å². The second kappa shape index (κ2) is 5.93. The zero-order valence-corrected chi connectivity index (χ0v) is 12.0. The highest BCUT2D eigenvalue weighted by molar-refractivity contribution is 5.79. The van der Waals surface area contributed by atoms with Gasteiger partial charge in [0.25, 0.3) is 0 Å². The summed E-state index contributed by atoms with van der Waals surface area (Å²) in [5.41, 5.74) is 1.74. The van der Waals surface area contributed by atoms with Crippen molar-refractivity contribution in [2.45, 2.75) is 26.4 Å². The van der Waals surface area contributed by atoms with Gasteiger partial charge in [-0.3, -0.25) is 4.98 Å². The van der Waals surface area contributed by atoms with E-state index in [1.165, 1.54) is 0 Å². The largest absolute Gasteiger partial charge is 0.417 e. The number of oxazole rings is 1. The van der Waals surface area contributed by atoms with Crippen molar-refractivity contribution in [3.05, 3.63) is 48.5 Å². The first-order valence-corrected chi connectivity index (χ1v) is 6.91. The number of ether oxygens (including phenoxy) is 1. The van der Waals surface area contributed by atoms with Crippen molar-refractivity contribution in [2.75, 3.05) is 0 Å². The molecule has 2 aromatic heterocycles. The van der Waals surface area contributed by atoms with Crippen LogP contribution in [0, 0.1) is 0 Å². The van der Waals surface area contributed by atoms with E-state index in [0.29, 0.717) is 18.3 Å². The van der Waals surface area contributed by atoms with Crippen LogP contribution in [-0.2, 0) is 6.54 Å². The van der Waals surface area contributed by atoms with Crippen molar-refractivity contribution < 1.29 is 9.15 Å². The van der Waals surface area contributed by atoms with Crippen LogP contribution in [0.25, 0.3) is 10.9 Å². The van der Waals surface area contributed by atoms with Crippen LogP contribution in [0.2, 0.25) is 0 Å². The standard InChI is InChI=1S/C16H17N3O2/c1-11(2)17-8-13-10-20-16(19-13)21-14-7-12-5-3-4-6-15(12)18-9-14/h3-7,9-11,17H,8H2,1-2H3. The van der Waals surface area contributed by atoms with E-state index in [9.17, 15) is 0 Å². The van der Waals surface area contributed by atoms with Gasteiger partial charge in [-0.1, -0.05) is 32.0 Å². The average molecular weight is 283 g/mol. The quantitative estimate of drug-likeness (QED) is 0.776. The van der Waals surface area contributed by atoms with Gasteiger partial charge in [0.2, 0.25) is 0 Å². The van der Waals surface area contributed by atoms with Crippen LogP contribution in [-0.4, -0.2) is 16.0 Å². The Balaban J connectivity index is 1.72. The second-order valence-corrected chi connectivity index (χ2v) is 5.11. The summed E-state index contributed by atoms with van der Waals surface area (Å²) in [5.74, 6) is 0.610. The van der Waals surface area contributed by atoms with Gasteiger partial charge in [0.05, 0.1) is 17.4 Å². The van der Waals surface area contributed by atoms with Gasteiger partial charge in [0, 0.05) is 18.0 Å².